The van der Waals surface area contributed by atoms with Gasteiger partial charge in [0, 0.05) is 17.1 Å². The zero-order chi connectivity index (χ0) is 12.6. The van der Waals surface area contributed by atoms with E-state index < -0.39 is 17.6 Å². The quantitative estimate of drug-likeness (QED) is 0.805. The summed E-state index contributed by atoms with van der Waals surface area (Å²) < 4.78 is 54.1. The van der Waals surface area contributed by atoms with Crippen LogP contribution in [-0.4, -0.2) is 9.36 Å². The van der Waals surface area contributed by atoms with Crippen LogP contribution in [-0.2, 0) is 6.18 Å². The van der Waals surface area contributed by atoms with Crippen LogP contribution in [0.1, 0.15) is 5.56 Å². The molecule has 0 amide bonds. The van der Waals surface area contributed by atoms with Gasteiger partial charge < -0.3 is 5.73 Å². The summed E-state index contributed by atoms with van der Waals surface area (Å²) in [6.45, 7) is 0. The molecular weight excluding hydrogens is 258 g/mol. The number of rotatable bonds is 1. The smallest absolute Gasteiger partial charge is 0.374 e. The van der Waals surface area contributed by atoms with Crippen molar-refractivity contribution in [2.24, 2.45) is 0 Å². The van der Waals surface area contributed by atoms with Gasteiger partial charge >= 0.3 is 6.18 Å². The highest BCUT2D eigenvalue weighted by molar-refractivity contribution is 7.09. The molecule has 0 saturated carbocycles. The Morgan fingerprint density at radius 3 is 2.41 bits per heavy atom. The second kappa shape index (κ2) is 3.95. The molecule has 0 atom stereocenters. The second-order valence-corrected chi connectivity index (χ2v) is 3.97. The van der Waals surface area contributed by atoms with Crippen LogP contribution in [0.25, 0.3) is 11.4 Å². The lowest BCUT2D eigenvalue weighted by Gasteiger charge is -2.07. The third-order valence-electron chi connectivity index (χ3n) is 1.93. The van der Waals surface area contributed by atoms with Crippen molar-refractivity contribution in [2.45, 2.75) is 6.18 Å². The molecule has 0 bridgehead atoms. The van der Waals surface area contributed by atoms with Crippen LogP contribution in [0.3, 0.4) is 0 Å². The minimum atomic E-state index is -4.61. The number of aromatic nitrogens is 2. The molecule has 3 nitrogen and oxygen atoms in total. The maximum absolute atomic E-state index is 13.1. The van der Waals surface area contributed by atoms with E-state index in [0.29, 0.717) is 6.07 Å². The van der Waals surface area contributed by atoms with Gasteiger partial charge in [0.05, 0.1) is 5.56 Å². The summed E-state index contributed by atoms with van der Waals surface area (Å²) in [7, 11) is 0. The molecule has 0 aliphatic carbocycles. The van der Waals surface area contributed by atoms with Crippen molar-refractivity contribution in [3.63, 3.8) is 0 Å². The molecule has 0 radical (unpaired) electrons. The van der Waals surface area contributed by atoms with Gasteiger partial charge in [0.1, 0.15) is 5.82 Å². The normalized spacial score (nSPS) is 11.8. The summed E-state index contributed by atoms with van der Waals surface area (Å²) in [4.78, 5) is 3.70. The number of anilines is 1. The van der Waals surface area contributed by atoms with Gasteiger partial charge in [0.25, 0.3) is 0 Å². The lowest BCUT2D eigenvalue weighted by Crippen LogP contribution is -2.05. The molecule has 0 aliphatic rings. The third kappa shape index (κ3) is 2.52. The first kappa shape index (κ1) is 11.8. The lowest BCUT2D eigenvalue weighted by atomic mass is 10.1. The minimum absolute atomic E-state index is 0.0162. The van der Waals surface area contributed by atoms with Crippen LogP contribution in [0.5, 0.6) is 0 Å². The van der Waals surface area contributed by atoms with Crippen LogP contribution in [0, 0.1) is 5.82 Å². The first-order valence-electron chi connectivity index (χ1n) is 4.33. The van der Waals surface area contributed by atoms with Gasteiger partial charge in [-0.15, -0.1) is 0 Å². The number of hydrogen-bond donors (Lipinski definition) is 1. The summed E-state index contributed by atoms with van der Waals surface area (Å²) in [6, 6.07) is 2.13. The number of alkyl halides is 3. The molecular formula is C9H5F4N3S. The van der Waals surface area contributed by atoms with Gasteiger partial charge in [-0.25, -0.2) is 4.39 Å². The summed E-state index contributed by atoms with van der Waals surface area (Å²) in [5.74, 6) is -1.01. The molecule has 17 heavy (non-hydrogen) atoms. The average molecular weight is 263 g/mol. The average Bonchev–Trinajstić information content (AvgIpc) is 2.62. The molecule has 0 spiro atoms. The van der Waals surface area contributed by atoms with Crippen LogP contribution >= 0.6 is 11.5 Å². The fourth-order valence-electron chi connectivity index (χ4n) is 1.23. The Labute approximate surface area is 97.1 Å². The van der Waals surface area contributed by atoms with Crippen molar-refractivity contribution in [3.05, 3.63) is 29.6 Å². The van der Waals surface area contributed by atoms with Gasteiger partial charge in [0.2, 0.25) is 0 Å². The number of nitrogens with zero attached hydrogens (tertiary/aromatic N) is 2. The number of halogens is 4. The maximum atomic E-state index is 13.1. The fraction of sp³-hybridized carbons (Fsp3) is 0.111. The topological polar surface area (TPSA) is 51.8 Å². The molecule has 1 heterocycles. The van der Waals surface area contributed by atoms with E-state index in [1.165, 1.54) is 0 Å². The Kier molecular flexibility index (Phi) is 2.74. The molecule has 1 aromatic carbocycles. The Morgan fingerprint density at radius 2 is 1.88 bits per heavy atom. The molecule has 0 saturated heterocycles. The van der Waals surface area contributed by atoms with E-state index in [-0.39, 0.29) is 16.5 Å². The van der Waals surface area contributed by atoms with Crippen molar-refractivity contribution in [1.29, 1.82) is 0 Å². The highest BCUT2D eigenvalue weighted by Gasteiger charge is 2.31. The van der Waals surface area contributed by atoms with Gasteiger partial charge in [-0.1, -0.05) is 0 Å². The highest BCUT2D eigenvalue weighted by atomic mass is 32.1. The van der Waals surface area contributed by atoms with Gasteiger partial charge in [-0.3, -0.25) is 0 Å². The van der Waals surface area contributed by atoms with Crippen molar-refractivity contribution < 1.29 is 17.6 Å². The van der Waals surface area contributed by atoms with E-state index in [1.807, 2.05) is 0 Å². The molecule has 90 valence electrons. The van der Waals surface area contributed by atoms with Gasteiger partial charge in [-0.2, -0.15) is 22.5 Å². The van der Waals surface area contributed by atoms with E-state index in [0.717, 1.165) is 23.7 Å². The number of benzene rings is 1. The predicted octanol–water partition coefficient (Wildman–Crippen LogP) is 2.95. The third-order valence-corrected chi connectivity index (χ3v) is 2.47. The van der Waals surface area contributed by atoms with Crippen LogP contribution in [0.2, 0.25) is 0 Å². The summed E-state index contributed by atoms with van der Waals surface area (Å²) >= 11 is 0.831. The van der Waals surface area contributed by atoms with Crippen LogP contribution in [0.15, 0.2) is 18.2 Å². The Hall–Kier alpha value is -1.70. The van der Waals surface area contributed by atoms with Crippen molar-refractivity contribution >= 4 is 16.7 Å². The van der Waals surface area contributed by atoms with Crippen LogP contribution < -0.4 is 5.73 Å². The molecule has 0 fully saturated rings. The Bertz CT molecular complexity index is 549. The molecule has 1 aromatic heterocycles. The summed E-state index contributed by atoms with van der Waals surface area (Å²) in [5, 5.41) is 0.109. The van der Waals surface area contributed by atoms with Crippen molar-refractivity contribution in [2.75, 3.05) is 5.73 Å². The molecule has 0 aliphatic heterocycles. The lowest BCUT2D eigenvalue weighted by molar-refractivity contribution is -0.137. The molecule has 2 aromatic rings. The first-order chi connectivity index (χ1) is 7.86. The molecule has 0 unspecified atom stereocenters. The fourth-order valence-corrected chi connectivity index (χ4v) is 1.69. The predicted molar refractivity (Wildman–Crippen MR) is 54.7 cm³/mol. The van der Waals surface area contributed by atoms with Crippen molar-refractivity contribution in [1.82, 2.24) is 9.36 Å². The SMILES string of the molecule is Nc1nc(-c2cc(F)cc(C(F)(F)F)c2)ns1. The van der Waals surface area contributed by atoms with E-state index in [2.05, 4.69) is 9.36 Å². The maximum Gasteiger partial charge on any atom is 0.416 e. The van der Waals surface area contributed by atoms with Gasteiger partial charge in [-0.05, 0) is 18.2 Å². The van der Waals surface area contributed by atoms with E-state index >= 15 is 0 Å². The van der Waals surface area contributed by atoms with E-state index in [9.17, 15) is 17.6 Å². The van der Waals surface area contributed by atoms with Gasteiger partial charge in [0.15, 0.2) is 11.0 Å². The largest absolute Gasteiger partial charge is 0.416 e. The number of nitrogen functional groups attached to an aromatic ring is 1. The zero-order valence-electron chi connectivity index (χ0n) is 8.12. The van der Waals surface area contributed by atoms with Crippen molar-refractivity contribution in [3.8, 4) is 11.4 Å². The summed E-state index contributed by atoms with van der Waals surface area (Å²) in [6.07, 6.45) is -4.61. The molecule has 2 rings (SSSR count). The van der Waals surface area contributed by atoms with Crippen LogP contribution in [0.4, 0.5) is 22.7 Å². The Morgan fingerprint density at radius 1 is 1.18 bits per heavy atom. The molecule has 2 N–H and O–H groups in total. The standard InChI is InChI=1S/C9H5F4N3S/c10-6-2-4(7-15-8(14)17-16-7)1-5(3-6)9(11,12)13/h1-3H,(H2,14,15,16). The minimum Gasteiger partial charge on any atom is -0.374 e. The number of nitrogens with two attached hydrogens (primary N) is 1. The zero-order valence-corrected chi connectivity index (χ0v) is 8.94. The summed E-state index contributed by atoms with van der Waals surface area (Å²) in [5.41, 5.74) is 4.17. The van der Waals surface area contributed by atoms with E-state index in [4.69, 9.17) is 5.73 Å². The number of hydrogen-bond acceptors (Lipinski definition) is 4. The highest BCUT2D eigenvalue weighted by Crippen LogP contribution is 2.32. The Balaban J connectivity index is 2.52. The molecule has 8 heteroatoms. The first-order valence-corrected chi connectivity index (χ1v) is 5.11. The second-order valence-electron chi connectivity index (χ2n) is 3.18. The van der Waals surface area contributed by atoms with E-state index in [1.54, 1.807) is 0 Å². The monoisotopic (exact) mass is 263 g/mol.